The van der Waals surface area contributed by atoms with Gasteiger partial charge in [0.15, 0.2) is 0 Å². The maximum Gasteiger partial charge on any atom is 0.251 e. The zero-order chi connectivity index (χ0) is 27.9. The van der Waals surface area contributed by atoms with Gasteiger partial charge in [-0.2, -0.15) is 0 Å². The predicted octanol–water partition coefficient (Wildman–Crippen LogP) is 7.78. The van der Waals surface area contributed by atoms with Crippen molar-refractivity contribution in [2.45, 2.75) is 66.2 Å². The van der Waals surface area contributed by atoms with Gasteiger partial charge < -0.3 is 20.1 Å². The lowest BCUT2D eigenvalue weighted by Gasteiger charge is -2.11. The Balaban J connectivity index is 1.59. The summed E-state index contributed by atoms with van der Waals surface area (Å²) < 4.78 is 13.1. The van der Waals surface area contributed by atoms with Crippen molar-refractivity contribution in [3.63, 3.8) is 0 Å². The molecule has 0 atom stereocenters. The number of rotatable bonds is 17. The Morgan fingerprint density at radius 2 is 1.08 bits per heavy atom. The van der Waals surface area contributed by atoms with E-state index in [1.807, 2.05) is 12.1 Å². The Bertz CT molecular complexity index is 946. The minimum Gasteiger partial charge on any atom is -0.492 e. The van der Waals surface area contributed by atoms with Crippen LogP contribution in [0, 0.1) is 11.8 Å². The molecule has 0 aliphatic carbocycles. The lowest BCUT2D eigenvalue weighted by atomic mass is 10.1. The van der Waals surface area contributed by atoms with E-state index < -0.39 is 0 Å². The van der Waals surface area contributed by atoms with E-state index in [-0.39, 0.29) is 11.8 Å². The topological polar surface area (TPSA) is 76.7 Å². The molecule has 0 saturated carbocycles. The van der Waals surface area contributed by atoms with Gasteiger partial charge in [0.2, 0.25) is 0 Å². The summed E-state index contributed by atoms with van der Waals surface area (Å²) in [5, 5.41) is 5.95. The lowest BCUT2D eigenvalue weighted by molar-refractivity contribution is 0.0943. The van der Waals surface area contributed by atoms with Gasteiger partial charge in [0.1, 0.15) is 11.5 Å². The van der Waals surface area contributed by atoms with Gasteiger partial charge in [-0.25, -0.2) is 0 Å². The molecule has 2 N–H and O–H groups in total. The van der Waals surface area contributed by atoms with Crippen molar-refractivity contribution in [3.05, 3.63) is 56.5 Å². The molecule has 0 fully saturated rings. The molecule has 0 unspecified atom stereocenters. The number of halogens is 2. The molecule has 0 aromatic heterocycles. The van der Waals surface area contributed by atoms with Crippen molar-refractivity contribution in [2.75, 3.05) is 26.3 Å². The van der Waals surface area contributed by atoms with Crippen LogP contribution in [0.1, 0.15) is 86.9 Å². The molecule has 0 heterocycles. The van der Waals surface area contributed by atoms with E-state index in [0.29, 0.717) is 49.3 Å². The van der Waals surface area contributed by atoms with E-state index in [1.54, 1.807) is 24.3 Å². The quantitative estimate of drug-likeness (QED) is 0.171. The van der Waals surface area contributed by atoms with Crippen molar-refractivity contribution in [1.29, 1.82) is 0 Å². The summed E-state index contributed by atoms with van der Waals surface area (Å²) in [6.45, 7) is 11.2. The van der Waals surface area contributed by atoms with Gasteiger partial charge in [0, 0.05) is 24.2 Å². The van der Waals surface area contributed by atoms with Gasteiger partial charge in [-0.15, -0.1) is 0 Å². The molecule has 210 valence electrons. The SMILES string of the molecule is CC(C)CCOc1ccc(C(=O)NCCCCCCNC(=O)c2ccc(OCCC(C)C)c(Br)c2)cc1Br. The number of hydrogen-bond acceptors (Lipinski definition) is 4. The summed E-state index contributed by atoms with van der Waals surface area (Å²) in [5.74, 6) is 2.50. The third kappa shape index (κ3) is 12.2. The predicted molar refractivity (Wildman–Crippen MR) is 161 cm³/mol. The molecular formula is C30H42Br2N2O4. The highest BCUT2D eigenvalue weighted by atomic mass is 79.9. The molecular weight excluding hydrogens is 612 g/mol. The Morgan fingerprint density at radius 3 is 1.42 bits per heavy atom. The Kier molecular flexibility index (Phi) is 14.8. The molecule has 0 bridgehead atoms. The molecule has 8 heteroatoms. The van der Waals surface area contributed by atoms with Gasteiger partial charge in [0.25, 0.3) is 11.8 Å². The summed E-state index contributed by atoms with van der Waals surface area (Å²) in [6.07, 6.45) is 5.72. The van der Waals surface area contributed by atoms with Crippen LogP contribution in [0.15, 0.2) is 45.3 Å². The summed E-state index contributed by atoms with van der Waals surface area (Å²) in [4.78, 5) is 24.9. The fourth-order valence-corrected chi connectivity index (χ4v) is 4.53. The summed E-state index contributed by atoms with van der Waals surface area (Å²) in [7, 11) is 0. The molecule has 0 saturated heterocycles. The fraction of sp³-hybridized carbons (Fsp3) is 0.533. The Labute approximate surface area is 244 Å². The van der Waals surface area contributed by atoms with Crippen molar-refractivity contribution in [3.8, 4) is 11.5 Å². The molecule has 2 aromatic rings. The van der Waals surface area contributed by atoms with E-state index in [2.05, 4.69) is 70.2 Å². The minimum absolute atomic E-state index is 0.0887. The van der Waals surface area contributed by atoms with Crippen LogP contribution in [0.2, 0.25) is 0 Å². The van der Waals surface area contributed by atoms with E-state index in [0.717, 1.165) is 59.0 Å². The number of amides is 2. The van der Waals surface area contributed by atoms with Crippen molar-refractivity contribution in [2.24, 2.45) is 11.8 Å². The molecule has 0 aliphatic heterocycles. The molecule has 0 radical (unpaired) electrons. The van der Waals surface area contributed by atoms with Gasteiger partial charge in [-0.1, -0.05) is 40.5 Å². The molecule has 2 amide bonds. The summed E-state index contributed by atoms with van der Waals surface area (Å²) >= 11 is 7.00. The first-order valence-corrected chi connectivity index (χ1v) is 15.2. The molecule has 2 rings (SSSR count). The van der Waals surface area contributed by atoms with Gasteiger partial charge >= 0.3 is 0 Å². The lowest BCUT2D eigenvalue weighted by Crippen LogP contribution is -2.25. The smallest absolute Gasteiger partial charge is 0.251 e. The number of unbranched alkanes of at least 4 members (excludes halogenated alkanes) is 3. The molecule has 0 aliphatic rings. The average molecular weight is 654 g/mol. The second kappa shape index (κ2) is 17.5. The zero-order valence-electron chi connectivity index (χ0n) is 23.1. The first-order valence-electron chi connectivity index (χ1n) is 13.6. The van der Waals surface area contributed by atoms with Crippen LogP contribution < -0.4 is 20.1 Å². The van der Waals surface area contributed by atoms with E-state index in [4.69, 9.17) is 9.47 Å². The number of ether oxygens (including phenoxy) is 2. The monoisotopic (exact) mass is 652 g/mol. The number of carbonyl (C=O) groups is 2. The summed E-state index contributed by atoms with van der Waals surface area (Å²) in [5.41, 5.74) is 1.22. The normalized spacial score (nSPS) is 11.1. The van der Waals surface area contributed by atoms with Gasteiger partial charge in [-0.05, 0) is 106 Å². The first-order chi connectivity index (χ1) is 18.2. The highest BCUT2D eigenvalue weighted by molar-refractivity contribution is 9.10. The highest BCUT2D eigenvalue weighted by Gasteiger charge is 2.11. The van der Waals surface area contributed by atoms with E-state index >= 15 is 0 Å². The third-order valence-corrected chi connectivity index (χ3v) is 7.21. The maximum atomic E-state index is 12.4. The Morgan fingerprint density at radius 1 is 0.684 bits per heavy atom. The molecule has 2 aromatic carbocycles. The van der Waals surface area contributed by atoms with Gasteiger partial charge in [-0.3, -0.25) is 9.59 Å². The van der Waals surface area contributed by atoms with Crippen LogP contribution in [0.3, 0.4) is 0 Å². The van der Waals surface area contributed by atoms with Crippen LogP contribution in [0.5, 0.6) is 11.5 Å². The van der Waals surface area contributed by atoms with E-state index in [1.165, 1.54) is 0 Å². The van der Waals surface area contributed by atoms with Crippen molar-refractivity contribution < 1.29 is 19.1 Å². The zero-order valence-corrected chi connectivity index (χ0v) is 26.3. The minimum atomic E-state index is -0.0887. The fourth-order valence-electron chi connectivity index (χ4n) is 3.54. The average Bonchev–Trinajstić information content (AvgIpc) is 2.86. The van der Waals surface area contributed by atoms with Crippen LogP contribution in [-0.4, -0.2) is 38.1 Å². The standard InChI is InChI=1S/C30H42Br2N2O4/c1-21(2)13-17-37-27-11-9-23(19-25(27)31)29(35)33-15-7-5-6-8-16-34-30(36)24-10-12-28(26(32)20-24)38-18-14-22(3)4/h9-12,19-22H,5-8,13-18H2,1-4H3,(H,33,35)(H,34,36). The molecule has 38 heavy (non-hydrogen) atoms. The van der Waals surface area contributed by atoms with Crippen LogP contribution in [0.4, 0.5) is 0 Å². The number of benzene rings is 2. The summed E-state index contributed by atoms with van der Waals surface area (Å²) in [6, 6.07) is 10.9. The molecule has 0 spiro atoms. The largest absolute Gasteiger partial charge is 0.492 e. The van der Waals surface area contributed by atoms with Crippen LogP contribution in [0.25, 0.3) is 0 Å². The van der Waals surface area contributed by atoms with Crippen molar-refractivity contribution >= 4 is 43.7 Å². The maximum absolute atomic E-state index is 12.4. The second-order valence-electron chi connectivity index (χ2n) is 10.3. The Hall–Kier alpha value is -2.06. The number of hydrogen-bond donors (Lipinski definition) is 2. The van der Waals surface area contributed by atoms with Crippen LogP contribution >= 0.6 is 31.9 Å². The van der Waals surface area contributed by atoms with E-state index in [9.17, 15) is 9.59 Å². The van der Waals surface area contributed by atoms with Crippen LogP contribution in [-0.2, 0) is 0 Å². The third-order valence-electron chi connectivity index (χ3n) is 5.97. The number of carbonyl (C=O) groups excluding carboxylic acids is 2. The molecule has 6 nitrogen and oxygen atoms in total. The van der Waals surface area contributed by atoms with Crippen molar-refractivity contribution in [1.82, 2.24) is 10.6 Å². The first kappa shape index (κ1) is 32.2. The number of nitrogens with one attached hydrogen (secondary N) is 2. The highest BCUT2D eigenvalue weighted by Crippen LogP contribution is 2.27. The van der Waals surface area contributed by atoms with Gasteiger partial charge in [0.05, 0.1) is 22.2 Å². The second-order valence-corrected chi connectivity index (χ2v) is 12.0.